The molecule has 196 valence electrons. The fourth-order valence-corrected chi connectivity index (χ4v) is 7.23. The number of nitrogens with zero attached hydrogens (tertiary/aromatic N) is 3. The Balaban J connectivity index is 1.65. The number of hydrogen-bond acceptors (Lipinski definition) is 6. The van der Waals surface area contributed by atoms with E-state index in [0.717, 1.165) is 14.7 Å². The third kappa shape index (κ3) is 6.49. The normalized spacial score (nSPS) is 12.2. The van der Waals surface area contributed by atoms with Crippen molar-refractivity contribution in [1.29, 1.82) is 0 Å². The molecule has 2 aromatic heterocycles. The van der Waals surface area contributed by atoms with Gasteiger partial charge in [0.2, 0.25) is 10.0 Å². The van der Waals surface area contributed by atoms with Crippen LogP contribution in [-0.2, 0) is 16.6 Å². The molecule has 0 aliphatic heterocycles. The Morgan fingerprint density at radius 2 is 1.70 bits per heavy atom. The molecule has 0 saturated heterocycles. The third-order valence-corrected chi connectivity index (χ3v) is 8.97. The zero-order chi connectivity index (χ0) is 26.7. The standard InChI is InChI=1S/C27H30BrN3O4S2/c1-18(2)15-30(16-19(3)4)37(33,34)23-10-7-20(8-11-23)26(32)31(17-22-6-5-13-35-22)27-29-24-12-9-21(28)14-25(24)36-27/h5-14,18-19H,15-17H2,1-4H3. The van der Waals surface area contributed by atoms with Gasteiger partial charge in [-0.25, -0.2) is 13.4 Å². The summed E-state index contributed by atoms with van der Waals surface area (Å²) in [7, 11) is -3.69. The molecule has 2 aromatic carbocycles. The number of carbonyl (C=O) groups excluding carboxylic acids is 1. The van der Waals surface area contributed by atoms with Gasteiger partial charge in [-0.15, -0.1) is 0 Å². The first-order valence-electron chi connectivity index (χ1n) is 12.0. The molecule has 1 amide bonds. The number of aromatic nitrogens is 1. The highest BCUT2D eigenvalue weighted by Crippen LogP contribution is 2.33. The first-order chi connectivity index (χ1) is 17.5. The number of amides is 1. The maximum absolute atomic E-state index is 13.7. The number of furan rings is 1. The van der Waals surface area contributed by atoms with Crippen LogP contribution in [0.3, 0.4) is 0 Å². The summed E-state index contributed by atoms with van der Waals surface area (Å²) in [6, 6.07) is 15.5. The van der Waals surface area contributed by atoms with Gasteiger partial charge in [0.05, 0.1) is 27.9 Å². The maximum atomic E-state index is 13.7. The number of sulfonamides is 1. The van der Waals surface area contributed by atoms with Gasteiger partial charge in [-0.3, -0.25) is 9.69 Å². The summed E-state index contributed by atoms with van der Waals surface area (Å²) >= 11 is 4.89. The summed E-state index contributed by atoms with van der Waals surface area (Å²) in [6.07, 6.45) is 1.56. The van der Waals surface area contributed by atoms with Gasteiger partial charge in [0, 0.05) is 23.1 Å². The number of benzene rings is 2. The number of thiazole rings is 1. The molecule has 0 radical (unpaired) electrons. The highest BCUT2D eigenvalue weighted by Gasteiger charge is 2.27. The number of hydrogen-bond donors (Lipinski definition) is 0. The van der Waals surface area contributed by atoms with E-state index in [1.807, 2.05) is 45.9 Å². The Hall–Kier alpha value is -2.53. The lowest BCUT2D eigenvalue weighted by Crippen LogP contribution is -2.37. The van der Waals surface area contributed by atoms with Crippen LogP contribution >= 0.6 is 27.3 Å². The van der Waals surface area contributed by atoms with Crippen LogP contribution in [0.1, 0.15) is 43.8 Å². The second-order valence-corrected chi connectivity index (χ2v) is 13.6. The Morgan fingerprint density at radius 1 is 1.03 bits per heavy atom. The van der Waals surface area contributed by atoms with Gasteiger partial charge in [-0.1, -0.05) is 55.0 Å². The summed E-state index contributed by atoms with van der Waals surface area (Å²) < 4.78 is 35.7. The number of anilines is 1. The molecule has 0 saturated carbocycles. The monoisotopic (exact) mass is 603 g/mol. The molecule has 37 heavy (non-hydrogen) atoms. The maximum Gasteiger partial charge on any atom is 0.260 e. The molecule has 0 N–H and O–H groups in total. The van der Waals surface area contributed by atoms with E-state index >= 15 is 0 Å². The quantitative estimate of drug-likeness (QED) is 0.199. The van der Waals surface area contributed by atoms with E-state index in [1.165, 1.54) is 27.8 Å². The Kier molecular flexibility index (Phi) is 8.52. The second kappa shape index (κ2) is 11.5. The van der Waals surface area contributed by atoms with Crippen LogP contribution < -0.4 is 4.90 Å². The van der Waals surface area contributed by atoms with Crippen molar-refractivity contribution in [3.63, 3.8) is 0 Å². The molecule has 0 bridgehead atoms. The topological polar surface area (TPSA) is 83.7 Å². The zero-order valence-corrected chi connectivity index (χ0v) is 24.4. The summed E-state index contributed by atoms with van der Waals surface area (Å²) in [6.45, 7) is 9.07. The molecule has 0 fully saturated rings. The van der Waals surface area contributed by atoms with Gasteiger partial charge in [-0.2, -0.15) is 4.31 Å². The van der Waals surface area contributed by atoms with Crippen molar-refractivity contribution < 1.29 is 17.6 Å². The van der Waals surface area contributed by atoms with E-state index in [4.69, 9.17) is 4.42 Å². The molecule has 10 heteroatoms. The van der Waals surface area contributed by atoms with Crippen LogP contribution in [0.25, 0.3) is 10.2 Å². The molecular weight excluding hydrogens is 574 g/mol. The lowest BCUT2D eigenvalue weighted by Gasteiger charge is -2.25. The number of rotatable bonds is 10. The molecule has 0 unspecified atom stereocenters. The van der Waals surface area contributed by atoms with E-state index in [-0.39, 0.29) is 29.2 Å². The average Bonchev–Trinajstić information content (AvgIpc) is 3.50. The first-order valence-corrected chi connectivity index (χ1v) is 15.1. The van der Waals surface area contributed by atoms with Crippen LogP contribution in [0.2, 0.25) is 0 Å². The smallest absolute Gasteiger partial charge is 0.260 e. The summed E-state index contributed by atoms with van der Waals surface area (Å²) in [5.74, 6) is 0.712. The molecule has 4 aromatic rings. The van der Waals surface area contributed by atoms with Crippen LogP contribution in [-0.4, -0.2) is 36.7 Å². The minimum Gasteiger partial charge on any atom is -0.467 e. The van der Waals surface area contributed by atoms with Gasteiger partial charge in [0.15, 0.2) is 5.13 Å². The molecule has 0 aliphatic carbocycles. The zero-order valence-electron chi connectivity index (χ0n) is 21.2. The minimum atomic E-state index is -3.69. The van der Waals surface area contributed by atoms with E-state index in [0.29, 0.717) is 29.5 Å². The molecule has 2 heterocycles. The minimum absolute atomic E-state index is 0.174. The van der Waals surface area contributed by atoms with Gasteiger partial charge in [0.25, 0.3) is 5.91 Å². The van der Waals surface area contributed by atoms with Crippen LogP contribution in [0.15, 0.2) is 74.6 Å². The van der Waals surface area contributed by atoms with Crippen molar-refractivity contribution in [3.05, 3.63) is 76.7 Å². The number of fused-ring (bicyclic) bond motifs is 1. The van der Waals surface area contributed by atoms with Crippen molar-refractivity contribution >= 4 is 58.5 Å². The van der Waals surface area contributed by atoms with Gasteiger partial charge < -0.3 is 4.42 Å². The molecule has 0 atom stereocenters. The average molecular weight is 605 g/mol. The summed E-state index contributed by atoms with van der Waals surface area (Å²) in [5, 5.41) is 0.534. The molecule has 0 spiro atoms. The second-order valence-electron chi connectivity index (χ2n) is 9.71. The van der Waals surface area contributed by atoms with Crippen molar-refractivity contribution in [2.75, 3.05) is 18.0 Å². The lowest BCUT2D eigenvalue weighted by molar-refractivity contribution is 0.0983. The van der Waals surface area contributed by atoms with E-state index in [1.54, 1.807) is 35.4 Å². The SMILES string of the molecule is CC(C)CN(CC(C)C)S(=O)(=O)c1ccc(C(=O)N(Cc2ccco2)c2nc3ccc(Br)cc3s2)cc1. The summed E-state index contributed by atoms with van der Waals surface area (Å²) in [4.78, 5) is 20.1. The van der Waals surface area contributed by atoms with E-state index in [9.17, 15) is 13.2 Å². The molecular formula is C27H30BrN3O4S2. The number of carbonyl (C=O) groups is 1. The van der Waals surface area contributed by atoms with E-state index < -0.39 is 10.0 Å². The lowest BCUT2D eigenvalue weighted by atomic mass is 10.2. The van der Waals surface area contributed by atoms with Gasteiger partial charge in [0.1, 0.15) is 5.76 Å². The summed E-state index contributed by atoms with van der Waals surface area (Å²) in [5.41, 5.74) is 1.16. The third-order valence-electron chi connectivity index (χ3n) is 5.59. The number of halogens is 1. The van der Waals surface area contributed by atoms with Crippen molar-refractivity contribution in [2.45, 2.75) is 39.1 Å². The fourth-order valence-electron chi connectivity index (χ4n) is 3.95. The molecule has 4 rings (SSSR count). The predicted octanol–water partition coefficient (Wildman–Crippen LogP) is 6.80. The van der Waals surface area contributed by atoms with Gasteiger partial charge in [-0.05, 0) is 66.4 Å². The molecule has 0 aliphatic rings. The van der Waals surface area contributed by atoms with E-state index in [2.05, 4.69) is 20.9 Å². The largest absolute Gasteiger partial charge is 0.467 e. The van der Waals surface area contributed by atoms with Crippen LogP contribution in [0.5, 0.6) is 0 Å². The Bertz CT molecular complexity index is 1450. The Morgan fingerprint density at radius 3 is 2.30 bits per heavy atom. The first kappa shape index (κ1) is 27.5. The van der Waals surface area contributed by atoms with Gasteiger partial charge >= 0.3 is 0 Å². The fraction of sp³-hybridized carbons (Fsp3) is 0.333. The highest BCUT2D eigenvalue weighted by atomic mass is 79.9. The highest BCUT2D eigenvalue weighted by molar-refractivity contribution is 9.10. The van der Waals surface area contributed by atoms with Crippen LogP contribution in [0.4, 0.5) is 5.13 Å². The van der Waals surface area contributed by atoms with Crippen molar-refractivity contribution in [2.24, 2.45) is 11.8 Å². The van der Waals surface area contributed by atoms with Crippen LogP contribution in [0, 0.1) is 11.8 Å². The molecule has 7 nitrogen and oxygen atoms in total. The van der Waals surface area contributed by atoms with Crippen molar-refractivity contribution in [1.82, 2.24) is 9.29 Å². The van der Waals surface area contributed by atoms with Crippen molar-refractivity contribution in [3.8, 4) is 0 Å². The Labute approximate surface area is 230 Å². The predicted molar refractivity (Wildman–Crippen MR) is 151 cm³/mol.